The number of furan rings is 1. The Kier molecular flexibility index (Phi) is 2.15. The molecule has 0 aliphatic heterocycles. The highest BCUT2D eigenvalue weighted by molar-refractivity contribution is 7.13. The van der Waals surface area contributed by atoms with E-state index in [-0.39, 0.29) is 11.8 Å². The van der Waals surface area contributed by atoms with Gasteiger partial charge in [-0.2, -0.15) is 0 Å². The maximum absolute atomic E-state index is 11.7. The first-order valence-electron chi connectivity index (χ1n) is 5.04. The van der Waals surface area contributed by atoms with Crippen molar-refractivity contribution in [3.05, 3.63) is 29.1 Å². The first-order valence-corrected chi connectivity index (χ1v) is 5.92. The van der Waals surface area contributed by atoms with Crippen LogP contribution in [0.4, 0.5) is 0 Å². The van der Waals surface area contributed by atoms with Gasteiger partial charge in [0.1, 0.15) is 11.5 Å². The number of carbonyl (C=O) groups is 1. The minimum Gasteiger partial charge on any atom is -0.459 e. The van der Waals surface area contributed by atoms with Gasteiger partial charge in [0.05, 0.1) is 16.0 Å². The number of rotatable bonds is 1. The van der Waals surface area contributed by atoms with E-state index in [2.05, 4.69) is 4.98 Å². The topological polar surface area (TPSA) is 69.1 Å². The zero-order valence-electron chi connectivity index (χ0n) is 8.47. The Labute approximate surface area is 96.1 Å². The van der Waals surface area contributed by atoms with Crippen LogP contribution in [0.3, 0.4) is 0 Å². The van der Waals surface area contributed by atoms with Gasteiger partial charge in [0.15, 0.2) is 5.78 Å². The lowest BCUT2D eigenvalue weighted by atomic mass is 9.93. The van der Waals surface area contributed by atoms with Gasteiger partial charge in [-0.15, -0.1) is 11.3 Å². The van der Waals surface area contributed by atoms with Gasteiger partial charge < -0.3 is 10.2 Å². The Bertz CT molecular complexity index is 530. The van der Waals surface area contributed by atoms with E-state index >= 15 is 0 Å². The highest BCUT2D eigenvalue weighted by Gasteiger charge is 2.27. The monoisotopic (exact) mass is 234 g/mol. The average molecular weight is 234 g/mol. The third-order valence-electron chi connectivity index (χ3n) is 2.68. The SMILES string of the molecule is NC1CC(=O)c2cc(-c3cncs3)oc2C1. The number of fused-ring (bicyclic) bond motifs is 1. The van der Waals surface area contributed by atoms with Crippen LogP contribution in [-0.4, -0.2) is 16.8 Å². The summed E-state index contributed by atoms with van der Waals surface area (Å²) in [7, 11) is 0. The Morgan fingerprint density at radius 2 is 2.38 bits per heavy atom. The number of hydrogen-bond acceptors (Lipinski definition) is 5. The van der Waals surface area contributed by atoms with Crippen LogP contribution >= 0.6 is 11.3 Å². The van der Waals surface area contributed by atoms with Gasteiger partial charge in [0.25, 0.3) is 0 Å². The normalized spacial score (nSPS) is 19.8. The fourth-order valence-corrected chi connectivity index (χ4v) is 2.51. The lowest BCUT2D eigenvalue weighted by Gasteiger charge is -2.14. The maximum atomic E-state index is 11.7. The maximum Gasteiger partial charge on any atom is 0.167 e. The summed E-state index contributed by atoms with van der Waals surface area (Å²) in [5, 5.41) is 0. The van der Waals surface area contributed by atoms with Crippen molar-refractivity contribution >= 4 is 17.1 Å². The molecular weight excluding hydrogens is 224 g/mol. The number of thiazole rings is 1. The molecule has 2 aromatic rings. The molecule has 0 aromatic carbocycles. The lowest BCUT2D eigenvalue weighted by Crippen LogP contribution is -2.30. The molecular formula is C11H10N2O2S. The van der Waals surface area contributed by atoms with Gasteiger partial charge >= 0.3 is 0 Å². The summed E-state index contributed by atoms with van der Waals surface area (Å²) in [6.45, 7) is 0. The van der Waals surface area contributed by atoms with Gasteiger partial charge in [-0.05, 0) is 6.07 Å². The molecule has 1 aliphatic rings. The van der Waals surface area contributed by atoms with E-state index < -0.39 is 0 Å². The minimum atomic E-state index is -0.111. The van der Waals surface area contributed by atoms with Crippen molar-refractivity contribution in [1.29, 1.82) is 0 Å². The molecule has 0 radical (unpaired) electrons. The van der Waals surface area contributed by atoms with Crippen molar-refractivity contribution in [3.8, 4) is 10.6 Å². The predicted molar refractivity (Wildman–Crippen MR) is 60.4 cm³/mol. The highest BCUT2D eigenvalue weighted by atomic mass is 32.1. The van der Waals surface area contributed by atoms with Crippen molar-refractivity contribution in [2.75, 3.05) is 0 Å². The summed E-state index contributed by atoms with van der Waals surface area (Å²) in [4.78, 5) is 16.7. The molecule has 4 nitrogen and oxygen atoms in total. The zero-order valence-corrected chi connectivity index (χ0v) is 9.29. The molecule has 0 fully saturated rings. The van der Waals surface area contributed by atoms with E-state index in [4.69, 9.17) is 10.2 Å². The fraction of sp³-hybridized carbons (Fsp3) is 0.273. The first kappa shape index (κ1) is 9.74. The number of aromatic nitrogens is 1. The second-order valence-electron chi connectivity index (χ2n) is 3.90. The van der Waals surface area contributed by atoms with Crippen LogP contribution in [0.5, 0.6) is 0 Å². The second kappa shape index (κ2) is 3.54. The first-order chi connectivity index (χ1) is 7.74. The van der Waals surface area contributed by atoms with Crippen LogP contribution in [0.2, 0.25) is 0 Å². The van der Waals surface area contributed by atoms with Crippen LogP contribution in [0, 0.1) is 0 Å². The Morgan fingerprint density at radius 3 is 3.12 bits per heavy atom. The van der Waals surface area contributed by atoms with Crippen LogP contribution in [0.15, 0.2) is 22.2 Å². The standard InChI is InChI=1S/C11H10N2O2S/c12-6-1-8(14)7-3-10(15-9(7)2-6)11-4-13-5-16-11/h3-6H,1-2,12H2. The number of Topliss-reactive ketones (excluding diaryl/α,β-unsaturated/α-hetero) is 1. The van der Waals surface area contributed by atoms with Gasteiger partial charge in [-0.3, -0.25) is 9.78 Å². The summed E-state index contributed by atoms with van der Waals surface area (Å²) >= 11 is 1.49. The summed E-state index contributed by atoms with van der Waals surface area (Å²) in [5.74, 6) is 1.51. The summed E-state index contributed by atoms with van der Waals surface area (Å²) < 4.78 is 5.66. The quantitative estimate of drug-likeness (QED) is 0.817. The molecule has 5 heteroatoms. The number of hydrogen-bond donors (Lipinski definition) is 1. The van der Waals surface area contributed by atoms with Gasteiger partial charge in [-0.25, -0.2) is 0 Å². The minimum absolute atomic E-state index is 0.0771. The molecule has 0 spiro atoms. The van der Waals surface area contributed by atoms with Crippen molar-refractivity contribution < 1.29 is 9.21 Å². The Balaban J connectivity index is 2.07. The fourth-order valence-electron chi connectivity index (χ4n) is 1.93. The molecule has 1 unspecified atom stereocenters. The van der Waals surface area contributed by atoms with E-state index in [1.807, 2.05) is 0 Å². The van der Waals surface area contributed by atoms with Crippen LogP contribution in [-0.2, 0) is 6.42 Å². The van der Waals surface area contributed by atoms with E-state index in [0.717, 1.165) is 10.6 Å². The molecule has 3 rings (SSSR count). The lowest BCUT2D eigenvalue weighted by molar-refractivity contribution is 0.0962. The molecule has 2 aromatic heterocycles. The molecule has 1 aliphatic carbocycles. The molecule has 16 heavy (non-hydrogen) atoms. The smallest absolute Gasteiger partial charge is 0.167 e. The van der Waals surface area contributed by atoms with Gasteiger partial charge in [0.2, 0.25) is 0 Å². The molecule has 2 N–H and O–H groups in total. The summed E-state index contributed by atoms with van der Waals surface area (Å²) in [6.07, 6.45) is 2.79. The van der Waals surface area contributed by atoms with Crippen LogP contribution < -0.4 is 5.73 Å². The third kappa shape index (κ3) is 1.48. The number of carbonyl (C=O) groups excluding carboxylic acids is 1. The van der Waals surface area contributed by atoms with E-state index in [0.29, 0.717) is 24.2 Å². The second-order valence-corrected chi connectivity index (χ2v) is 4.79. The van der Waals surface area contributed by atoms with Crippen LogP contribution in [0.25, 0.3) is 10.6 Å². The zero-order chi connectivity index (χ0) is 11.1. The number of ketones is 1. The molecule has 82 valence electrons. The Morgan fingerprint density at radius 1 is 1.50 bits per heavy atom. The number of nitrogens with zero attached hydrogens (tertiary/aromatic N) is 1. The summed E-state index contributed by atoms with van der Waals surface area (Å²) in [6, 6.07) is 1.69. The van der Waals surface area contributed by atoms with E-state index in [9.17, 15) is 4.79 Å². The van der Waals surface area contributed by atoms with E-state index in [1.165, 1.54) is 11.3 Å². The largest absolute Gasteiger partial charge is 0.459 e. The Hall–Kier alpha value is -1.46. The molecule has 0 saturated carbocycles. The molecule has 0 saturated heterocycles. The molecule has 1 atom stereocenters. The summed E-state index contributed by atoms with van der Waals surface area (Å²) in [5.41, 5.74) is 8.20. The van der Waals surface area contributed by atoms with Crippen LogP contribution in [0.1, 0.15) is 22.5 Å². The van der Waals surface area contributed by atoms with Crippen molar-refractivity contribution in [3.63, 3.8) is 0 Å². The van der Waals surface area contributed by atoms with E-state index in [1.54, 1.807) is 17.8 Å². The van der Waals surface area contributed by atoms with Gasteiger partial charge in [0, 0.05) is 25.1 Å². The number of nitrogens with two attached hydrogens (primary N) is 1. The van der Waals surface area contributed by atoms with Crippen molar-refractivity contribution in [2.24, 2.45) is 5.73 Å². The molecule has 0 amide bonds. The van der Waals surface area contributed by atoms with Gasteiger partial charge in [-0.1, -0.05) is 0 Å². The molecule has 0 bridgehead atoms. The third-order valence-corrected chi connectivity index (χ3v) is 3.47. The highest BCUT2D eigenvalue weighted by Crippen LogP contribution is 2.31. The molecule has 2 heterocycles. The van der Waals surface area contributed by atoms with Crippen molar-refractivity contribution in [2.45, 2.75) is 18.9 Å². The van der Waals surface area contributed by atoms with Crippen molar-refractivity contribution in [1.82, 2.24) is 4.98 Å². The predicted octanol–water partition coefficient (Wildman–Crippen LogP) is 1.86. The average Bonchev–Trinajstić information content (AvgIpc) is 2.82.